The van der Waals surface area contributed by atoms with Crippen molar-refractivity contribution in [2.24, 2.45) is 0 Å². The van der Waals surface area contributed by atoms with Gasteiger partial charge in [-0.25, -0.2) is 0 Å². The molecule has 0 unspecified atom stereocenters. The molecule has 0 bridgehead atoms. The van der Waals surface area contributed by atoms with Crippen molar-refractivity contribution in [3.8, 4) is 0 Å². The lowest BCUT2D eigenvalue weighted by Gasteiger charge is -2.00. The molecule has 1 heterocycles. The van der Waals surface area contributed by atoms with Crippen molar-refractivity contribution in [3.63, 3.8) is 0 Å². The van der Waals surface area contributed by atoms with Crippen molar-refractivity contribution in [3.05, 3.63) is 35.3 Å². The predicted molar refractivity (Wildman–Crippen MR) is 85.7 cm³/mol. The predicted octanol–water partition coefficient (Wildman–Crippen LogP) is 3.20. The first-order chi connectivity index (χ1) is 10.3. The van der Waals surface area contributed by atoms with Gasteiger partial charge < -0.3 is 10.1 Å². The molecule has 0 aliphatic rings. The average molecular weight is 323 g/mol. The molecule has 7 heteroatoms. The lowest BCUT2D eigenvalue weighted by molar-refractivity contribution is -0.117. The van der Waals surface area contributed by atoms with Crippen LogP contribution in [0.25, 0.3) is 0 Å². The third-order valence-corrected chi connectivity index (χ3v) is 4.54. The molecule has 0 fully saturated rings. The van der Waals surface area contributed by atoms with Crippen LogP contribution in [-0.2, 0) is 15.3 Å². The first kappa shape index (κ1) is 15.9. The molecule has 2 rings (SSSR count). The molecular formula is C14H17N3O2S2. The summed E-state index contributed by atoms with van der Waals surface area (Å²) in [7, 11) is 0. The first-order valence-corrected chi connectivity index (χ1v) is 8.46. The number of thioether (sulfide) groups is 1. The maximum atomic E-state index is 11.6. The van der Waals surface area contributed by atoms with E-state index in [0.717, 1.165) is 10.8 Å². The van der Waals surface area contributed by atoms with E-state index in [2.05, 4.69) is 27.6 Å². The SMILES string of the molecule is CCOCCC(=O)Nc1nnc(CSc2ccccc2)s1. The van der Waals surface area contributed by atoms with Crippen LogP contribution in [0.1, 0.15) is 18.4 Å². The summed E-state index contributed by atoms with van der Waals surface area (Å²) in [6, 6.07) is 10.1. The topological polar surface area (TPSA) is 64.1 Å². The summed E-state index contributed by atoms with van der Waals surface area (Å²) >= 11 is 3.10. The van der Waals surface area contributed by atoms with Crippen LogP contribution in [0.2, 0.25) is 0 Å². The molecule has 1 N–H and O–H groups in total. The Bertz CT molecular complexity index is 560. The van der Waals surface area contributed by atoms with Crippen LogP contribution in [0.4, 0.5) is 5.13 Å². The zero-order valence-corrected chi connectivity index (χ0v) is 13.4. The third-order valence-electron chi connectivity index (χ3n) is 2.50. The minimum absolute atomic E-state index is 0.0955. The maximum Gasteiger partial charge on any atom is 0.228 e. The monoisotopic (exact) mass is 323 g/mol. The Balaban J connectivity index is 1.77. The highest BCUT2D eigenvalue weighted by molar-refractivity contribution is 7.98. The van der Waals surface area contributed by atoms with Crippen LogP contribution in [0, 0.1) is 0 Å². The summed E-state index contributed by atoms with van der Waals surface area (Å²) in [5.41, 5.74) is 0. The summed E-state index contributed by atoms with van der Waals surface area (Å²) in [5.74, 6) is 0.651. The normalized spacial score (nSPS) is 10.5. The summed E-state index contributed by atoms with van der Waals surface area (Å²) in [4.78, 5) is 12.8. The van der Waals surface area contributed by atoms with Gasteiger partial charge in [-0.05, 0) is 19.1 Å². The fraction of sp³-hybridized carbons (Fsp3) is 0.357. The summed E-state index contributed by atoms with van der Waals surface area (Å²) in [6.45, 7) is 2.95. The molecule has 2 aromatic rings. The van der Waals surface area contributed by atoms with E-state index in [1.165, 1.54) is 16.2 Å². The lowest BCUT2D eigenvalue weighted by atomic mass is 10.4. The quantitative estimate of drug-likeness (QED) is 0.597. The van der Waals surface area contributed by atoms with Gasteiger partial charge in [-0.1, -0.05) is 29.5 Å². The van der Waals surface area contributed by atoms with Crippen molar-refractivity contribution in [1.29, 1.82) is 0 Å². The standard InChI is InChI=1S/C14H17N3O2S2/c1-2-19-9-8-12(18)15-14-17-16-13(21-14)10-20-11-6-4-3-5-7-11/h3-7H,2,8-10H2,1H3,(H,15,17,18). The van der Waals surface area contributed by atoms with Crippen LogP contribution in [0.3, 0.4) is 0 Å². The van der Waals surface area contributed by atoms with Gasteiger partial charge in [0.15, 0.2) is 0 Å². The Morgan fingerprint density at radius 1 is 1.33 bits per heavy atom. The molecule has 0 saturated heterocycles. The Morgan fingerprint density at radius 2 is 2.14 bits per heavy atom. The molecule has 1 aromatic heterocycles. The second-order valence-corrected chi connectivity index (χ2v) is 6.21. The number of nitrogens with zero attached hydrogens (tertiary/aromatic N) is 2. The Kier molecular flexibility index (Phi) is 6.65. The number of amides is 1. The number of ether oxygens (including phenoxy) is 1. The number of carbonyl (C=O) groups excluding carboxylic acids is 1. The van der Waals surface area contributed by atoms with Crippen LogP contribution < -0.4 is 5.32 Å². The van der Waals surface area contributed by atoms with E-state index >= 15 is 0 Å². The van der Waals surface area contributed by atoms with Crippen LogP contribution in [-0.4, -0.2) is 29.3 Å². The van der Waals surface area contributed by atoms with Gasteiger partial charge in [0.1, 0.15) is 5.01 Å². The zero-order valence-electron chi connectivity index (χ0n) is 11.7. The van der Waals surface area contributed by atoms with Gasteiger partial charge in [-0.2, -0.15) is 0 Å². The second kappa shape index (κ2) is 8.76. The van der Waals surface area contributed by atoms with Gasteiger partial charge >= 0.3 is 0 Å². The second-order valence-electron chi connectivity index (χ2n) is 4.10. The van der Waals surface area contributed by atoms with E-state index in [0.29, 0.717) is 24.8 Å². The molecule has 0 atom stereocenters. The fourth-order valence-corrected chi connectivity index (χ4v) is 3.18. The minimum atomic E-state index is -0.0955. The highest BCUT2D eigenvalue weighted by atomic mass is 32.2. The Labute approximate surface area is 132 Å². The van der Waals surface area contributed by atoms with Gasteiger partial charge in [0, 0.05) is 11.5 Å². The third kappa shape index (κ3) is 5.82. The van der Waals surface area contributed by atoms with Gasteiger partial charge in [-0.3, -0.25) is 4.79 Å². The molecule has 0 spiro atoms. The molecule has 0 aliphatic carbocycles. The van der Waals surface area contributed by atoms with E-state index < -0.39 is 0 Å². The number of hydrogen-bond donors (Lipinski definition) is 1. The average Bonchev–Trinajstić information content (AvgIpc) is 2.94. The zero-order chi connectivity index (χ0) is 14.9. The van der Waals surface area contributed by atoms with E-state index in [9.17, 15) is 4.79 Å². The van der Waals surface area contributed by atoms with E-state index in [-0.39, 0.29) is 5.91 Å². The molecule has 112 valence electrons. The van der Waals surface area contributed by atoms with E-state index in [1.807, 2.05) is 25.1 Å². The molecule has 1 aromatic carbocycles. The van der Waals surface area contributed by atoms with Gasteiger partial charge in [0.05, 0.1) is 18.8 Å². The largest absolute Gasteiger partial charge is 0.381 e. The fourth-order valence-electron chi connectivity index (χ4n) is 1.52. The van der Waals surface area contributed by atoms with Crippen molar-refractivity contribution < 1.29 is 9.53 Å². The van der Waals surface area contributed by atoms with Crippen molar-refractivity contribution in [2.45, 2.75) is 24.0 Å². The van der Waals surface area contributed by atoms with Crippen molar-refractivity contribution in [2.75, 3.05) is 18.5 Å². The minimum Gasteiger partial charge on any atom is -0.381 e. The lowest BCUT2D eigenvalue weighted by Crippen LogP contribution is -2.13. The summed E-state index contributed by atoms with van der Waals surface area (Å²) in [5, 5.41) is 12.2. The number of hydrogen-bond acceptors (Lipinski definition) is 6. The van der Waals surface area contributed by atoms with E-state index in [1.54, 1.807) is 11.8 Å². The number of aromatic nitrogens is 2. The number of nitrogens with one attached hydrogen (secondary N) is 1. The Morgan fingerprint density at radius 3 is 2.90 bits per heavy atom. The molecule has 5 nitrogen and oxygen atoms in total. The number of benzene rings is 1. The van der Waals surface area contributed by atoms with Crippen LogP contribution in [0.5, 0.6) is 0 Å². The van der Waals surface area contributed by atoms with Gasteiger partial charge in [-0.15, -0.1) is 22.0 Å². The van der Waals surface area contributed by atoms with Gasteiger partial charge in [0.25, 0.3) is 0 Å². The molecule has 1 amide bonds. The number of carbonyl (C=O) groups is 1. The van der Waals surface area contributed by atoms with Crippen molar-refractivity contribution in [1.82, 2.24) is 10.2 Å². The molecule has 21 heavy (non-hydrogen) atoms. The number of rotatable bonds is 8. The van der Waals surface area contributed by atoms with Crippen molar-refractivity contribution >= 4 is 34.1 Å². The van der Waals surface area contributed by atoms with Crippen LogP contribution >= 0.6 is 23.1 Å². The molecule has 0 aliphatic heterocycles. The van der Waals surface area contributed by atoms with Gasteiger partial charge in [0.2, 0.25) is 11.0 Å². The highest BCUT2D eigenvalue weighted by Crippen LogP contribution is 2.25. The summed E-state index contributed by atoms with van der Waals surface area (Å²) < 4.78 is 5.14. The molecule has 0 saturated carbocycles. The molecular weight excluding hydrogens is 306 g/mol. The summed E-state index contributed by atoms with van der Waals surface area (Å²) in [6.07, 6.45) is 0.335. The highest BCUT2D eigenvalue weighted by Gasteiger charge is 2.08. The first-order valence-electron chi connectivity index (χ1n) is 6.65. The smallest absolute Gasteiger partial charge is 0.228 e. The number of anilines is 1. The maximum absolute atomic E-state index is 11.6. The Hall–Kier alpha value is -1.44. The van der Waals surface area contributed by atoms with E-state index in [4.69, 9.17) is 4.74 Å². The molecule has 0 radical (unpaired) electrons. The van der Waals surface area contributed by atoms with Crippen LogP contribution in [0.15, 0.2) is 35.2 Å².